The molecule has 0 saturated carbocycles. The molecule has 0 atom stereocenters. The van der Waals surface area contributed by atoms with E-state index in [4.69, 9.17) is 0 Å². The summed E-state index contributed by atoms with van der Waals surface area (Å²) in [6.07, 6.45) is 0. The predicted molar refractivity (Wildman–Crippen MR) is 104 cm³/mol. The number of nitro groups is 1. The summed E-state index contributed by atoms with van der Waals surface area (Å²) in [5.41, 5.74) is 2.50. The summed E-state index contributed by atoms with van der Waals surface area (Å²) in [6.45, 7) is 4.03. The number of hydrogen-bond donors (Lipinski definition) is 0. The number of rotatable bonds is 1. The number of non-ortho nitro benzene ring substituents is 1. The Hall–Kier alpha value is -3.20. The lowest BCUT2D eigenvalue weighted by molar-refractivity contribution is -0.384. The molecule has 0 amide bonds. The van der Waals surface area contributed by atoms with E-state index in [-0.39, 0.29) is 5.69 Å². The number of nitrogens with zero attached hydrogens (tertiary/aromatic N) is 1. The van der Waals surface area contributed by atoms with Crippen LogP contribution in [0.5, 0.6) is 0 Å². The predicted octanol–water partition coefficient (Wildman–Crippen LogP) is 6.20. The first-order chi connectivity index (χ1) is 12.0. The molecular weight excluding hydrogens is 310 g/mol. The molecule has 4 rings (SSSR count). The number of hydrogen-bond acceptors (Lipinski definition) is 2. The van der Waals surface area contributed by atoms with E-state index >= 15 is 0 Å². The average molecular weight is 329 g/mol. The molecule has 0 aliphatic heterocycles. The van der Waals surface area contributed by atoms with Crippen LogP contribution < -0.4 is 0 Å². The van der Waals surface area contributed by atoms with Crippen molar-refractivity contribution in [1.82, 2.24) is 0 Å². The molecule has 4 aromatic rings. The molecule has 124 valence electrons. The van der Waals surface area contributed by atoms with Gasteiger partial charge >= 0.3 is 0 Å². The molecule has 0 aliphatic rings. The van der Waals surface area contributed by atoms with Crippen LogP contribution in [0.1, 0.15) is 11.1 Å². The van der Waals surface area contributed by atoms with Crippen molar-refractivity contribution in [2.75, 3.05) is 0 Å². The largest absolute Gasteiger partial charge is 0.269 e. The summed E-state index contributed by atoms with van der Waals surface area (Å²) < 4.78 is 0. The summed E-state index contributed by atoms with van der Waals surface area (Å²) in [6, 6.07) is 26.0. The smallest absolute Gasteiger partial charge is 0.258 e. The van der Waals surface area contributed by atoms with E-state index in [1.54, 1.807) is 12.1 Å². The monoisotopic (exact) mass is 329 g/mol. The van der Waals surface area contributed by atoms with Crippen LogP contribution in [0.2, 0.25) is 0 Å². The van der Waals surface area contributed by atoms with Crippen LogP contribution in [0.15, 0.2) is 78.9 Å². The molecule has 0 N–H and O–H groups in total. The number of aryl methyl sites for hydroxylation is 2. The zero-order valence-electron chi connectivity index (χ0n) is 14.3. The molecule has 3 heteroatoms. The second kappa shape index (κ2) is 7.14. The van der Waals surface area contributed by atoms with Crippen LogP contribution in [-0.4, -0.2) is 4.92 Å². The van der Waals surface area contributed by atoms with Crippen molar-refractivity contribution in [2.45, 2.75) is 13.8 Å². The van der Waals surface area contributed by atoms with E-state index in [1.807, 2.05) is 6.92 Å². The van der Waals surface area contributed by atoms with E-state index in [1.165, 1.54) is 39.2 Å². The third kappa shape index (κ3) is 3.83. The minimum absolute atomic E-state index is 0.144. The van der Waals surface area contributed by atoms with Gasteiger partial charge in [0, 0.05) is 12.1 Å². The third-order valence-corrected chi connectivity index (χ3v) is 4.15. The highest BCUT2D eigenvalue weighted by atomic mass is 16.6. The Labute approximate surface area is 146 Å². The number of fused-ring (bicyclic) bond motifs is 3. The molecule has 0 aliphatic carbocycles. The topological polar surface area (TPSA) is 43.1 Å². The normalized spacial score (nSPS) is 10.3. The highest BCUT2D eigenvalue weighted by Gasteiger charge is 2.01. The molecule has 0 radical (unpaired) electrons. The molecule has 3 nitrogen and oxygen atoms in total. The Morgan fingerprint density at radius 3 is 1.92 bits per heavy atom. The van der Waals surface area contributed by atoms with Crippen LogP contribution in [0.4, 0.5) is 5.69 Å². The van der Waals surface area contributed by atoms with Crippen molar-refractivity contribution in [1.29, 1.82) is 0 Å². The van der Waals surface area contributed by atoms with Crippen molar-refractivity contribution >= 4 is 27.2 Å². The van der Waals surface area contributed by atoms with Crippen LogP contribution in [0, 0.1) is 24.0 Å². The number of benzene rings is 4. The van der Waals surface area contributed by atoms with Crippen LogP contribution in [0.3, 0.4) is 0 Å². The lowest BCUT2D eigenvalue weighted by Gasteiger charge is -2.04. The maximum absolute atomic E-state index is 10.1. The van der Waals surface area contributed by atoms with Crippen molar-refractivity contribution in [3.63, 3.8) is 0 Å². The highest BCUT2D eigenvalue weighted by molar-refractivity contribution is 6.07. The van der Waals surface area contributed by atoms with Crippen molar-refractivity contribution < 1.29 is 4.92 Å². The lowest BCUT2D eigenvalue weighted by Crippen LogP contribution is -1.86. The average Bonchev–Trinajstić information content (AvgIpc) is 2.62. The Morgan fingerprint density at radius 2 is 1.24 bits per heavy atom. The Morgan fingerprint density at radius 1 is 0.680 bits per heavy atom. The fourth-order valence-corrected chi connectivity index (χ4v) is 2.78. The molecule has 0 spiro atoms. The Balaban J connectivity index is 0.000000160. The zero-order valence-corrected chi connectivity index (χ0v) is 14.3. The van der Waals surface area contributed by atoms with Crippen LogP contribution in [-0.2, 0) is 0 Å². The molecule has 0 aromatic heterocycles. The van der Waals surface area contributed by atoms with E-state index in [0.717, 1.165) is 5.56 Å². The minimum Gasteiger partial charge on any atom is -0.258 e. The SMILES string of the molecule is Cc1ccc([N+](=O)[O-])cc1.Cc1ccc2ccc3ccccc3c2c1. The minimum atomic E-state index is -0.403. The first-order valence-electron chi connectivity index (χ1n) is 8.14. The molecule has 0 bridgehead atoms. The van der Waals surface area contributed by atoms with Gasteiger partial charge < -0.3 is 0 Å². The summed E-state index contributed by atoms with van der Waals surface area (Å²) in [7, 11) is 0. The van der Waals surface area contributed by atoms with E-state index in [2.05, 4.69) is 61.5 Å². The fourth-order valence-electron chi connectivity index (χ4n) is 2.78. The molecule has 0 heterocycles. The first kappa shape index (κ1) is 16.7. The van der Waals surface area contributed by atoms with Gasteiger partial charge in [-0.1, -0.05) is 77.9 Å². The molecule has 0 saturated heterocycles. The quantitative estimate of drug-likeness (QED) is 0.237. The molecule has 4 aromatic carbocycles. The Bertz CT molecular complexity index is 1040. The van der Waals surface area contributed by atoms with E-state index in [9.17, 15) is 10.1 Å². The van der Waals surface area contributed by atoms with Gasteiger partial charge in [0.2, 0.25) is 0 Å². The van der Waals surface area contributed by atoms with Gasteiger partial charge in [-0.15, -0.1) is 0 Å². The van der Waals surface area contributed by atoms with Gasteiger partial charge in [0.15, 0.2) is 0 Å². The van der Waals surface area contributed by atoms with Gasteiger partial charge in [0.25, 0.3) is 5.69 Å². The summed E-state index contributed by atoms with van der Waals surface area (Å²) in [5.74, 6) is 0. The maximum Gasteiger partial charge on any atom is 0.269 e. The number of nitro benzene ring substituents is 1. The fraction of sp³-hybridized carbons (Fsp3) is 0.0909. The summed E-state index contributed by atoms with van der Waals surface area (Å²) in [5, 5.41) is 15.5. The van der Waals surface area contributed by atoms with Crippen LogP contribution in [0.25, 0.3) is 21.5 Å². The molecular formula is C22H19NO2. The van der Waals surface area contributed by atoms with Crippen molar-refractivity contribution in [3.8, 4) is 0 Å². The van der Waals surface area contributed by atoms with Crippen LogP contribution >= 0.6 is 0 Å². The lowest BCUT2D eigenvalue weighted by atomic mass is 10.0. The highest BCUT2D eigenvalue weighted by Crippen LogP contribution is 2.25. The van der Waals surface area contributed by atoms with Gasteiger partial charge in [-0.05, 0) is 35.4 Å². The molecule has 25 heavy (non-hydrogen) atoms. The van der Waals surface area contributed by atoms with Gasteiger partial charge in [0.1, 0.15) is 0 Å². The second-order valence-electron chi connectivity index (χ2n) is 6.10. The van der Waals surface area contributed by atoms with Gasteiger partial charge in [-0.25, -0.2) is 0 Å². The Kier molecular flexibility index (Phi) is 4.75. The maximum atomic E-state index is 10.1. The zero-order chi connectivity index (χ0) is 17.8. The molecule has 0 unspecified atom stereocenters. The third-order valence-electron chi connectivity index (χ3n) is 4.15. The first-order valence-corrected chi connectivity index (χ1v) is 8.14. The van der Waals surface area contributed by atoms with Crippen molar-refractivity contribution in [2.24, 2.45) is 0 Å². The van der Waals surface area contributed by atoms with E-state index in [0.29, 0.717) is 0 Å². The van der Waals surface area contributed by atoms with E-state index < -0.39 is 4.92 Å². The van der Waals surface area contributed by atoms with Gasteiger partial charge in [0.05, 0.1) is 4.92 Å². The van der Waals surface area contributed by atoms with Gasteiger partial charge in [-0.3, -0.25) is 10.1 Å². The summed E-state index contributed by atoms with van der Waals surface area (Å²) in [4.78, 5) is 9.71. The second-order valence-corrected chi connectivity index (χ2v) is 6.10. The molecule has 0 fully saturated rings. The van der Waals surface area contributed by atoms with Gasteiger partial charge in [-0.2, -0.15) is 0 Å². The summed E-state index contributed by atoms with van der Waals surface area (Å²) >= 11 is 0. The standard InChI is InChI=1S/C15H12.C7H7NO2/c1-11-6-7-13-9-8-12-4-2-3-5-14(12)15(13)10-11;1-6-2-4-7(5-3-6)8(9)10/h2-10H,1H3;2-5H,1H3. The van der Waals surface area contributed by atoms with Crippen molar-refractivity contribution in [3.05, 3.63) is 100 Å².